The van der Waals surface area contributed by atoms with Crippen molar-refractivity contribution >= 4 is 10.0 Å². The minimum Gasteiger partial charge on any atom is -0.368 e. The molecule has 102 valence electrons. The van der Waals surface area contributed by atoms with E-state index in [2.05, 4.69) is 14.9 Å². The molecule has 1 aliphatic heterocycles. The predicted octanol–water partition coefficient (Wildman–Crippen LogP) is 0.749. The number of rotatable bonds is 5. The van der Waals surface area contributed by atoms with Crippen LogP contribution in [-0.2, 0) is 21.3 Å². The molecule has 0 aromatic carbocycles. The van der Waals surface area contributed by atoms with Crippen LogP contribution in [0.5, 0.6) is 0 Å². The van der Waals surface area contributed by atoms with Gasteiger partial charge in [0.05, 0.1) is 11.8 Å². The maximum Gasteiger partial charge on any atom is 0.255 e. The largest absolute Gasteiger partial charge is 0.368 e. The molecule has 18 heavy (non-hydrogen) atoms. The molecule has 8 heteroatoms. The lowest BCUT2D eigenvalue weighted by molar-refractivity contribution is 0.0835. The number of nitrogens with one attached hydrogen (secondary N) is 1. The smallest absolute Gasteiger partial charge is 0.255 e. The molecule has 0 aliphatic carbocycles. The van der Waals surface area contributed by atoms with E-state index in [1.807, 2.05) is 0 Å². The molecule has 0 amide bonds. The number of hydrogen-bond donors (Lipinski definition) is 1. The van der Waals surface area contributed by atoms with Gasteiger partial charge in [-0.2, -0.15) is 4.98 Å². The molecule has 0 radical (unpaired) electrons. The Balaban J connectivity index is 1.95. The molecule has 2 rings (SSSR count). The van der Waals surface area contributed by atoms with Gasteiger partial charge in [-0.1, -0.05) is 5.16 Å². The topological polar surface area (TPSA) is 94.3 Å². The summed E-state index contributed by atoms with van der Waals surface area (Å²) >= 11 is 0. The number of sulfonamides is 1. The molecule has 7 nitrogen and oxygen atoms in total. The van der Waals surface area contributed by atoms with Crippen LogP contribution < -0.4 is 4.72 Å². The number of hydrogen-bond acceptors (Lipinski definition) is 6. The van der Waals surface area contributed by atoms with Gasteiger partial charge in [0.1, 0.15) is 6.10 Å². The number of nitrogens with zero attached hydrogens (tertiary/aromatic N) is 2. The van der Waals surface area contributed by atoms with Crippen LogP contribution in [0.1, 0.15) is 44.5 Å². The second kappa shape index (κ2) is 5.33. The molecule has 0 bridgehead atoms. The summed E-state index contributed by atoms with van der Waals surface area (Å²) in [4.78, 5) is 4.12. The lowest BCUT2D eigenvalue weighted by Crippen LogP contribution is -2.30. The summed E-state index contributed by atoms with van der Waals surface area (Å²) < 4.78 is 36.0. The van der Waals surface area contributed by atoms with E-state index in [0.29, 0.717) is 18.3 Å². The quantitative estimate of drug-likeness (QED) is 0.852. The monoisotopic (exact) mass is 275 g/mol. The second-order valence-corrected chi connectivity index (χ2v) is 6.79. The van der Waals surface area contributed by atoms with Crippen molar-refractivity contribution in [2.24, 2.45) is 0 Å². The maximum absolute atomic E-state index is 11.5. The predicted molar refractivity (Wildman–Crippen MR) is 63.1 cm³/mol. The third-order valence-electron chi connectivity index (χ3n) is 2.74. The zero-order chi connectivity index (χ0) is 13.2. The minimum absolute atomic E-state index is 0.0384. The molecule has 1 atom stereocenters. The van der Waals surface area contributed by atoms with Gasteiger partial charge in [0.25, 0.3) is 5.89 Å². The van der Waals surface area contributed by atoms with E-state index in [4.69, 9.17) is 9.26 Å². The Bertz CT molecular complexity index is 491. The van der Waals surface area contributed by atoms with E-state index >= 15 is 0 Å². The van der Waals surface area contributed by atoms with Crippen LogP contribution in [0.15, 0.2) is 4.52 Å². The summed E-state index contributed by atoms with van der Waals surface area (Å²) in [5.74, 6) is 0.746. The molecule has 2 heterocycles. The van der Waals surface area contributed by atoms with Gasteiger partial charge in [0.2, 0.25) is 10.0 Å². The summed E-state index contributed by atoms with van der Waals surface area (Å²) in [6.45, 7) is 3.95. The van der Waals surface area contributed by atoms with Gasteiger partial charge in [-0.05, 0) is 26.7 Å². The van der Waals surface area contributed by atoms with E-state index in [9.17, 15) is 8.42 Å². The summed E-state index contributed by atoms with van der Waals surface area (Å²) in [7, 11) is -3.31. The first kappa shape index (κ1) is 13.4. The Morgan fingerprint density at radius 2 is 2.28 bits per heavy atom. The highest BCUT2D eigenvalue weighted by molar-refractivity contribution is 7.90. The fraction of sp³-hybridized carbons (Fsp3) is 0.800. The molecule has 1 aromatic heterocycles. The fourth-order valence-electron chi connectivity index (χ4n) is 1.57. The average Bonchev–Trinajstić information content (AvgIpc) is 2.97. The van der Waals surface area contributed by atoms with Crippen LogP contribution in [0.3, 0.4) is 0 Å². The van der Waals surface area contributed by atoms with E-state index in [-0.39, 0.29) is 12.6 Å². The summed E-state index contributed by atoms with van der Waals surface area (Å²) in [5, 5.41) is 3.25. The molecule has 1 saturated heterocycles. The van der Waals surface area contributed by atoms with Crippen LogP contribution in [0.2, 0.25) is 0 Å². The molecule has 1 aromatic rings. The van der Waals surface area contributed by atoms with Crippen LogP contribution in [0.4, 0.5) is 0 Å². The molecule has 1 aliphatic rings. The van der Waals surface area contributed by atoms with Crippen molar-refractivity contribution in [1.82, 2.24) is 14.9 Å². The SMILES string of the molecule is CC(C)S(=O)(=O)NCc1noc([C@@H]2CCCO2)n1. The van der Waals surface area contributed by atoms with Gasteiger partial charge in [0, 0.05) is 6.61 Å². The van der Waals surface area contributed by atoms with E-state index in [0.717, 1.165) is 12.8 Å². The van der Waals surface area contributed by atoms with Gasteiger partial charge in [0.15, 0.2) is 5.82 Å². The Morgan fingerprint density at radius 1 is 1.50 bits per heavy atom. The van der Waals surface area contributed by atoms with Crippen molar-refractivity contribution in [2.75, 3.05) is 6.61 Å². The van der Waals surface area contributed by atoms with Crippen LogP contribution in [0.25, 0.3) is 0 Å². The van der Waals surface area contributed by atoms with Crippen molar-refractivity contribution < 1.29 is 17.7 Å². The lowest BCUT2D eigenvalue weighted by Gasteiger charge is -2.06. The first-order valence-corrected chi connectivity index (χ1v) is 7.46. The van der Waals surface area contributed by atoms with Crippen molar-refractivity contribution in [1.29, 1.82) is 0 Å². The Morgan fingerprint density at radius 3 is 2.89 bits per heavy atom. The molecule has 0 unspecified atom stereocenters. The van der Waals surface area contributed by atoms with Gasteiger partial charge >= 0.3 is 0 Å². The molecular formula is C10H17N3O4S. The standard InChI is InChI=1S/C10H17N3O4S/c1-7(2)18(14,15)11-6-9-12-10(17-13-9)8-4-3-5-16-8/h7-8,11H,3-6H2,1-2H3/t8-/m0/s1. The molecule has 1 fully saturated rings. The van der Waals surface area contributed by atoms with Gasteiger partial charge < -0.3 is 9.26 Å². The number of ether oxygens (including phenoxy) is 1. The average molecular weight is 275 g/mol. The van der Waals surface area contributed by atoms with Crippen LogP contribution >= 0.6 is 0 Å². The molecule has 1 N–H and O–H groups in total. The first-order valence-electron chi connectivity index (χ1n) is 5.91. The number of aromatic nitrogens is 2. The highest BCUT2D eigenvalue weighted by atomic mass is 32.2. The highest BCUT2D eigenvalue weighted by Gasteiger charge is 2.24. The third kappa shape index (κ3) is 3.06. The molecule has 0 saturated carbocycles. The second-order valence-electron chi connectivity index (χ2n) is 4.47. The zero-order valence-electron chi connectivity index (χ0n) is 10.4. The van der Waals surface area contributed by atoms with Gasteiger partial charge in [-0.3, -0.25) is 0 Å². The maximum atomic E-state index is 11.5. The highest BCUT2D eigenvalue weighted by Crippen LogP contribution is 2.26. The van der Waals surface area contributed by atoms with Crippen molar-refractivity contribution in [2.45, 2.75) is 44.6 Å². The Kier molecular flexibility index (Phi) is 3.98. The minimum atomic E-state index is -3.31. The summed E-state index contributed by atoms with van der Waals surface area (Å²) in [6, 6.07) is 0. The lowest BCUT2D eigenvalue weighted by atomic mass is 10.2. The zero-order valence-corrected chi connectivity index (χ0v) is 11.2. The Labute approximate surface area is 106 Å². The van der Waals surface area contributed by atoms with Crippen molar-refractivity contribution in [3.05, 3.63) is 11.7 Å². The van der Waals surface area contributed by atoms with Crippen LogP contribution in [-0.4, -0.2) is 30.4 Å². The summed E-state index contributed by atoms with van der Waals surface area (Å²) in [5.41, 5.74) is 0. The van der Waals surface area contributed by atoms with Crippen molar-refractivity contribution in [3.8, 4) is 0 Å². The van der Waals surface area contributed by atoms with E-state index < -0.39 is 15.3 Å². The normalized spacial score (nSPS) is 20.7. The summed E-state index contributed by atoms with van der Waals surface area (Å²) in [6.07, 6.45) is 1.69. The van der Waals surface area contributed by atoms with Crippen molar-refractivity contribution in [3.63, 3.8) is 0 Å². The third-order valence-corrected chi connectivity index (χ3v) is 4.53. The van der Waals surface area contributed by atoms with Gasteiger partial charge in [-0.15, -0.1) is 0 Å². The van der Waals surface area contributed by atoms with Crippen LogP contribution in [0, 0.1) is 0 Å². The van der Waals surface area contributed by atoms with E-state index in [1.54, 1.807) is 13.8 Å². The fourth-order valence-corrected chi connectivity index (χ4v) is 2.24. The van der Waals surface area contributed by atoms with E-state index in [1.165, 1.54) is 0 Å². The Hall–Kier alpha value is -0.990. The van der Waals surface area contributed by atoms with Gasteiger partial charge in [-0.25, -0.2) is 13.1 Å². The first-order chi connectivity index (χ1) is 8.49. The molecular weight excluding hydrogens is 258 g/mol. The molecule has 0 spiro atoms.